The molecule has 0 heterocycles. The normalized spacial score (nSPS) is 13.0. The van der Waals surface area contributed by atoms with Gasteiger partial charge in [-0.05, 0) is 31.0 Å². The van der Waals surface area contributed by atoms with E-state index in [0.717, 1.165) is 4.31 Å². The summed E-state index contributed by atoms with van der Waals surface area (Å²) in [5.41, 5.74) is 0.183. The third-order valence-electron chi connectivity index (χ3n) is 3.67. The van der Waals surface area contributed by atoms with Gasteiger partial charge in [0.05, 0.1) is 11.4 Å². The Labute approximate surface area is 143 Å². The molecule has 0 radical (unpaired) electrons. The van der Waals surface area contributed by atoms with Crippen LogP contribution in [-0.2, 0) is 14.8 Å². The van der Waals surface area contributed by atoms with Crippen LogP contribution in [0.15, 0.2) is 29.2 Å². The van der Waals surface area contributed by atoms with Gasteiger partial charge in [-0.2, -0.15) is 0 Å². The van der Waals surface area contributed by atoms with Crippen LogP contribution >= 0.6 is 0 Å². The molecule has 0 aliphatic heterocycles. The van der Waals surface area contributed by atoms with Crippen LogP contribution in [0.3, 0.4) is 0 Å². The van der Waals surface area contributed by atoms with Crippen molar-refractivity contribution in [1.82, 2.24) is 14.9 Å². The predicted octanol–water partition coefficient (Wildman–Crippen LogP) is 0.827. The zero-order valence-electron chi connectivity index (χ0n) is 14.7. The van der Waals surface area contributed by atoms with E-state index in [1.165, 1.54) is 38.4 Å². The molecule has 0 aliphatic rings. The van der Waals surface area contributed by atoms with Crippen molar-refractivity contribution in [2.45, 2.75) is 31.7 Å². The van der Waals surface area contributed by atoms with Gasteiger partial charge < -0.3 is 10.6 Å². The molecular formula is C16H25N3O4S. The Balaban J connectivity index is 2.75. The van der Waals surface area contributed by atoms with Crippen LogP contribution < -0.4 is 10.6 Å². The van der Waals surface area contributed by atoms with E-state index in [1.54, 1.807) is 0 Å². The first-order valence-electron chi connectivity index (χ1n) is 7.66. The number of nitrogens with one attached hydrogen (secondary N) is 2. The lowest BCUT2D eigenvalue weighted by atomic mass is 10.1. The summed E-state index contributed by atoms with van der Waals surface area (Å²) in [7, 11) is -0.778. The van der Waals surface area contributed by atoms with Crippen LogP contribution in [0.1, 0.15) is 31.1 Å². The van der Waals surface area contributed by atoms with Crippen molar-refractivity contribution in [2.75, 3.05) is 20.6 Å². The highest BCUT2D eigenvalue weighted by molar-refractivity contribution is 7.89. The van der Waals surface area contributed by atoms with Gasteiger partial charge in [0.25, 0.3) is 5.91 Å². The molecule has 0 aromatic heterocycles. The maximum atomic E-state index is 12.1. The lowest BCUT2D eigenvalue weighted by Crippen LogP contribution is -2.42. The molecule has 0 bridgehead atoms. The van der Waals surface area contributed by atoms with Crippen LogP contribution in [-0.4, -0.2) is 51.2 Å². The molecule has 2 amide bonds. The van der Waals surface area contributed by atoms with Gasteiger partial charge in [0.1, 0.15) is 0 Å². The highest BCUT2D eigenvalue weighted by atomic mass is 32.2. The van der Waals surface area contributed by atoms with Gasteiger partial charge in [0, 0.05) is 25.7 Å². The van der Waals surface area contributed by atoms with Crippen molar-refractivity contribution >= 4 is 21.8 Å². The average molecular weight is 355 g/mol. The second-order valence-corrected chi connectivity index (χ2v) is 8.25. The van der Waals surface area contributed by atoms with Crippen LogP contribution in [0.25, 0.3) is 0 Å². The van der Waals surface area contributed by atoms with Gasteiger partial charge >= 0.3 is 0 Å². The minimum absolute atomic E-state index is 0.00274. The maximum absolute atomic E-state index is 12.1. The molecule has 1 aromatic carbocycles. The quantitative estimate of drug-likeness (QED) is 0.757. The second-order valence-electron chi connectivity index (χ2n) is 6.10. The van der Waals surface area contributed by atoms with E-state index in [-0.39, 0.29) is 34.9 Å². The van der Waals surface area contributed by atoms with Crippen molar-refractivity contribution in [2.24, 2.45) is 5.92 Å². The van der Waals surface area contributed by atoms with Crippen LogP contribution in [0.5, 0.6) is 0 Å². The number of nitrogens with zero attached hydrogens (tertiary/aromatic N) is 1. The van der Waals surface area contributed by atoms with Gasteiger partial charge in [0.15, 0.2) is 0 Å². The molecule has 1 atom stereocenters. The minimum atomic E-state index is -3.62. The van der Waals surface area contributed by atoms with E-state index in [0.29, 0.717) is 0 Å². The molecule has 7 nitrogen and oxygen atoms in total. The number of hydrogen-bond acceptors (Lipinski definition) is 4. The van der Waals surface area contributed by atoms with Crippen molar-refractivity contribution in [1.29, 1.82) is 0 Å². The van der Waals surface area contributed by atoms with Gasteiger partial charge in [-0.15, -0.1) is 0 Å². The number of benzene rings is 1. The van der Waals surface area contributed by atoms with Crippen molar-refractivity contribution in [3.05, 3.63) is 29.8 Å². The number of amides is 2. The first kappa shape index (κ1) is 20.1. The van der Waals surface area contributed by atoms with Crippen molar-refractivity contribution < 1.29 is 18.0 Å². The lowest BCUT2D eigenvalue weighted by molar-refractivity contribution is -0.121. The SMILES string of the molecule is CC(C)C(C)NC(=O)CNC(=O)c1cccc(S(=O)(=O)N(C)C)c1. The number of rotatable bonds is 7. The Hall–Kier alpha value is -1.93. The van der Waals surface area contributed by atoms with E-state index < -0.39 is 15.9 Å². The summed E-state index contributed by atoms with van der Waals surface area (Å²) >= 11 is 0. The van der Waals surface area contributed by atoms with Crippen LogP contribution in [0, 0.1) is 5.92 Å². The summed E-state index contributed by atoms with van der Waals surface area (Å²) in [5, 5.41) is 5.27. The zero-order valence-corrected chi connectivity index (χ0v) is 15.5. The Bertz CT molecular complexity index is 699. The summed E-state index contributed by atoms with van der Waals surface area (Å²) in [5.74, 6) is -0.502. The molecule has 24 heavy (non-hydrogen) atoms. The molecule has 0 spiro atoms. The van der Waals surface area contributed by atoms with E-state index in [2.05, 4.69) is 10.6 Å². The first-order valence-corrected chi connectivity index (χ1v) is 9.10. The van der Waals surface area contributed by atoms with Gasteiger partial charge in [-0.1, -0.05) is 19.9 Å². The van der Waals surface area contributed by atoms with Crippen LogP contribution in [0.4, 0.5) is 0 Å². The van der Waals surface area contributed by atoms with Crippen molar-refractivity contribution in [3.63, 3.8) is 0 Å². The molecule has 8 heteroatoms. The maximum Gasteiger partial charge on any atom is 0.251 e. The summed E-state index contributed by atoms with van der Waals surface area (Å²) in [6.07, 6.45) is 0. The monoisotopic (exact) mass is 355 g/mol. The zero-order chi connectivity index (χ0) is 18.5. The fourth-order valence-corrected chi connectivity index (χ4v) is 2.69. The van der Waals surface area contributed by atoms with E-state index in [4.69, 9.17) is 0 Å². The molecule has 134 valence electrons. The molecule has 1 unspecified atom stereocenters. The molecule has 0 saturated carbocycles. The Morgan fingerprint density at radius 1 is 1.17 bits per heavy atom. The molecule has 1 rings (SSSR count). The standard InChI is InChI=1S/C16H25N3O4S/c1-11(2)12(3)18-15(20)10-17-16(21)13-7-6-8-14(9-13)24(22,23)19(4)5/h6-9,11-12H,10H2,1-5H3,(H,17,21)(H,18,20). The predicted molar refractivity (Wildman–Crippen MR) is 92.1 cm³/mol. The third-order valence-corrected chi connectivity index (χ3v) is 5.48. The summed E-state index contributed by atoms with van der Waals surface area (Å²) < 4.78 is 25.3. The van der Waals surface area contributed by atoms with E-state index >= 15 is 0 Å². The van der Waals surface area contributed by atoms with Gasteiger partial charge in [0.2, 0.25) is 15.9 Å². The number of carbonyl (C=O) groups is 2. The van der Waals surface area contributed by atoms with Gasteiger partial charge in [-0.3, -0.25) is 9.59 Å². The van der Waals surface area contributed by atoms with Gasteiger partial charge in [-0.25, -0.2) is 12.7 Å². The second kappa shape index (κ2) is 8.25. The topological polar surface area (TPSA) is 95.6 Å². The molecule has 0 saturated heterocycles. The molecule has 0 aliphatic carbocycles. The Morgan fingerprint density at radius 2 is 1.79 bits per heavy atom. The van der Waals surface area contributed by atoms with Crippen LogP contribution in [0.2, 0.25) is 0 Å². The molecule has 0 fully saturated rings. The summed E-state index contributed by atoms with van der Waals surface area (Å²) in [6.45, 7) is 5.70. The van der Waals surface area contributed by atoms with E-state index in [9.17, 15) is 18.0 Å². The van der Waals surface area contributed by atoms with E-state index in [1.807, 2.05) is 20.8 Å². The largest absolute Gasteiger partial charge is 0.352 e. The summed E-state index contributed by atoms with van der Waals surface area (Å²) in [6, 6.07) is 5.70. The lowest BCUT2D eigenvalue weighted by Gasteiger charge is -2.17. The number of sulfonamides is 1. The Morgan fingerprint density at radius 3 is 2.33 bits per heavy atom. The van der Waals surface area contributed by atoms with Crippen molar-refractivity contribution in [3.8, 4) is 0 Å². The average Bonchev–Trinajstić information content (AvgIpc) is 2.52. The third kappa shape index (κ3) is 5.31. The Kier molecular flexibility index (Phi) is 6.92. The highest BCUT2D eigenvalue weighted by Crippen LogP contribution is 2.14. The fourth-order valence-electron chi connectivity index (χ4n) is 1.74. The smallest absolute Gasteiger partial charge is 0.251 e. The summed E-state index contributed by atoms with van der Waals surface area (Å²) in [4.78, 5) is 23.9. The minimum Gasteiger partial charge on any atom is -0.352 e. The highest BCUT2D eigenvalue weighted by Gasteiger charge is 2.19. The first-order chi connectivity index (χ1) is 11.1. The molecule has 1 aromatic rings. The number of carbonyl (C=O) groups excluding carboxylic acids is 2. The fraction of sp³-hybridized carbons (Fsp3) is 0.500. The molecular weight excluding hydrogens is 330 g/mol. The number of hydrogen-bond donors (Lipinski definition) is 2. The molecule has 2 N–H and O–H groups in total.